The van der Waals surface area contributed by atoms with Gasteiger partial charge in [0.05, 0.1) is 0 Å². The molecule has 0 aromatic carbocycles. The second kappa shape index (κ2) is 4.88. The van der Waals surface area contributed by atoms with E-state index in [4.69, 9.17) is 0 Å². The normalized spacial score (nSPS) is 16.7. The van der Waals surface area contributed by atoms with Crippen LogP contribution in [0.5, 0.6) is 0 Å². The van der Waals surface area contributed by atoms with Gasteiger partial charge in [-0.2, -0.15) is 0 Å². The van der Waals surface area contributed by atoms with E-state index in [1.54, 1.807) is 12.3 Å². The minimum absolute atomic E-state index is 0.965. The molecule has 1 aromatic heterocycles. The number of nitrogens with zero attached hydrogens (tertiary/aromatic N) is 1. The van der Waals surface area contributed by atoms with Crippen molar-refractivity contribution in [1.29, 1.82) is 0 Å². The van der Waals surface area contributed by atoms with E-state index in [0.717, 1.165) is 24.0 Å². The van der Waals surface area contributed by atoms with Gasteiger partial charge in [-0.15, -0.1) is 0 Å². The zero-order valence-electron chi connectivity index (χ0n) is 10.3. The van der Waals surface area contributed by atoms with Gasteiger partial charge in [-0.05, 0) is 25.3 Å². The van der Waals surface area contributed by atoms with Crippen LogP contribution in [0.15, 0.2) is 31.0 Å². The van der Waals surface area contributed by atoms with Gasteiger partial charge in [-0.1, -0.05) is 30.9 Å². The molecular formula is C14H17NOS. The third-order valence-corrected chi connectivity index (χ3v) is 3.90. The van der Waals surface area contributed by atoms with E-state index in [0.29, 0.717) is 0 Å². The Balaban J connectivity index is 2.62. The van der Waals surface area contributed by atoms with Gasteiger partial charge in [0.1, 0.15) is 11.0 Å². The van der Waals surface area contributed by atoms with E-state index in [2.05, 4.69) is 25.7 Å². The lowest BCUT2D eigenvalue weighted by Crippen LogP contribution is -2.06. The second-order valence-corrected chi connectivity index (χ2v) is 5.42. The highest BCUT2D eigenvalue weighted by Gasteiger charge is 2.18. The topological polar surface area (TPSA) is 22.0 Å². The molecule has 1 heterocycles. The maximum absolute atomic E-state index is 11.7. The van der Waals surface area contributed by atoms with Crippen LogP contribution >= 0.6 is 0 Å². The Morgan fingerprint density at radius 2 is 2.35 bits per heavy atom. The van der Waals surface area contributed by atoms with Crippen LogP contribution in [0.2, 0.25) is 0 Å². The predicted octanol–water partition coefficient (Wildman–Crippen LogP) is 3.18. The molecule has 1 aromatic rings. The number of hydrogen-bond donors (Lipinski definition) is 0. The lowest BCUT2D eigenvalue weighted by atomic mass is 9.98. The van der Waals surface area contributed by atoms with Crippen LogP contribution in [-0.2, 0) is 17.4 Å². The fraction of sp³-hybridized carbons (Fsp3) is 0.286. The zero-order valence-corrected chi connectivity index (χ0v) is 11.1. The average Bonchev–Trinajstić information content (AvgIpc) is 2.69. The molecule has 0 spiro atoms. The van der Waals surface area contributed by atoms with Gasteiger partial charge < -0.3 is 0 Å². The van der Waals surface area contributed by atoms with Crippen molar-refractivity contribution in [1.82, 2.24) is 3.97 Å². The van der Waals surface area contributed by atoms with E-state index < -0.39 is 11.0 Å². The summed E-state index contributed by atoms with van der Waals surface area (Å²) in [5.74, 6) is 0. The summed E-state index contributed by atoms with van der Waals surface area (Å²) >= 11 is 0. The fourth-order valence-corrected chi connectivity index (χ4v) is 2.95. The van der Waals surface area contributed by atoms with E-state index >= 15 is 0 Å². The minimum atomic E-state index is -0.988. The van der Waals surface area contributed by atoms with Crippen molar-refractivity contribution < 1.29 is 4.21 Å². The van der Waals surface area contributed by atoms with Gasteiger partial charge in [0.25, 0.3) is 0 Å². The predicted molar refractivity (Wildman–Crippen MR) is 75.1 cm³/mol. The van der Waals surface area contributed by atoms with Crippen molar-refractivity contribution >= 4 is 22.6 Å². The van der Waals surface area contributed by atoms with Crippen LogP contribution < -0.4 is 0 Å². The van der Waals surface area contributed by atoms with Crippen molar-refractivity contribution in [3.05, 3.63) is 47.8 Å². The largest absolute Gasteiger partial charge is 0.270 e. The number of aromatic nitrogens is 1. The highest BCUT2D eigenvalue weighted by atomic mass is 32.2. The quantitative estimate of drug-likeness (QED) is 0.752. The molecule has 3 heteroatoms. The Labute approximate surface area is 105 Å². The molecule has 1 atom stereocenters. The van der Waals surface area contributed by atoms with E-state index in [1.165, 1.54) is 11.3 Å². The lowest BCUT2D eigenvalue weighted by molar-refractivity contribution is 0.679. The summed E-state index contributed by atoms with van der Waals surface area (Å²) in [6, 6.07) is 0. The highest BCUT2D eigenvalue weighted by molar-refractivity contribution is 7.82. The van der Waals surface area contributed by atoms with Crippen LogP contribution in [0, 0.1) is 0 Å². The molecule has 90 valence electrons. The molecule has 0 radical (unpaired) electrons. The number of hydrogen-bond acceptors (Lipinski definition) is 1. The molecule has 0 bridgehead atoms. The summed E-state index contributed by atoms with van der Waals surface area (Å²) in [6.45, 7) is 5.78. The summed E-state index contributed by atoms with van der Waals surface area (Å²) in [5, 5.41) is 0. The third kappa shape index (κ3) is 2.20. The lowest BCUT2D eigenvalue weighted by Gasteiger charge is -2.09. The molecule has 0 N–H and O–H groups in total. The van der Waals surface area contributed by atoms with Crippen molar-refractivity contribution in [2.75, 3.05) is 6.26 Å². The standard InChI is InChI=1S/C14H17NOS/c1-4-7-11(2)13-10-15(17(3)16)14-9-6-5-8-12(13)14/h4-5,7-8,10H,1,6,9H2,2-3H3/b11-7+. The van der Waals surface area contributed by atoms with Gasteiger partial charge >= 0.3 is 0 Å². The summed E-state index contributed by atoms with van der Waals surface area (Å²) < 4.78 is 13.6. The van der Waals surface area contributed by atoms with Gasteiger partial charge in [0.15, 0.2) is 0 Å². The smallest absolute Gasteiger partial charge is 0.120 e. The minimum Gasteiger partial charge on any atom is -0.270 e. The Morgan fingerprint density at radius 1 is 1.59 bits per heavy atom. The van der Waals surface area contributed by atoms with Gasteiger partial charge in [0, 0.05) is 29.3 Å². The molecule has 2 rings (SSSR count). The molecule has 1 unspecified atom stereocenters. The maximum atomic E-state index is 11.7. The van der Waals surface area contributed by atoms with Gasteiger partial charge in [0.2, 0.25) is 0 Å². The second-order valence-electron chi connectivity index (χ2n) is 4.18. The summed E-state index contributed by atoms with van der Waals surface area (Å²) in [4.78, 5) is 0. The van der Waals surface area contributed by atoms with Gasteiger partial charge in [-0.25, -0.2) is 4.21 Å². The summed E-state index contributed by atoms with van der Waals surface area (Å²) in [7, 11) is -0.988. The van der Waals surface area contributed by atoms with E-state index in [1.807, 2.05) is 16.2 Å². The summed E-state index contributed by atoms with van der Waals surface area (Å²) in [6.07, 6.45) is 13.8. The summed E-state index contributed by atoms with van der Waals surface area (Å²) in [5.41, 5.74) is 4.71. The SMILES string of the molecule is C=C/C=C(\C)c1cn(S(C)=O)c2c1C=CCC2. The monoisotopic (exact) mass is 247 g/mol. The highest BCUT2D eigenvalue weighted by Crippen LogP contribution is 2.30. The first-order chi connectivity index (χ1) is 8.15. The van der Waals surface area contributed by atoms with Gasteiger partial charge in [-0.3, -0.25) is 3.97 Å². The average molecular weight is 247 g/mol. The Morgan fingerprint density at radius 3 is 3.00 bits per heavy atom. The first kappa shape index (κ1) is 12.1. The maximum Gasteiger partial charge on any atom is 0.120 e. The van der Waals surface area contributed by atoms with E-state index in [9.17, 15) is 4.21 Å². The molecule has 0 fully saturated rings. The zero-order chi connectivity index (χ0) is 12.4. The van der Waals surface area contributed by atoms with Crippen LogP contribution in [0.25, 0.3) is 11.6 Å². The van der Waals surface area contributed by atoms with Crippen molar-refractivity contribution in [3.63, 3.8) is 0 Å². The van der Waals surface area contributed by atoms with Crippen LogP contribution in [0.1, 0.15) is 30.2 Å². The van der Waals surface area contributed by atoms with Crippen molar-refractivity contribution in [3.8, 4) is 0 Å². The number of allylic oxidation sites excluding steroid dienone is 4. The molecular weight excluding hydrogens is 230 g/mol. The van der Waals surface area contributed by atoms with Crippen LogP contribution in [-0.4, -0.2) is 14.4 Å². The molecule has 1 aliphatic rings. The van der Waals surface area contributed by atoms with E-state index in [-0.39, 0.29) is 0 Å². The number of fused-ring (bicyclic) bond motifs is 1. The molecule has 0 aliphatic heterocycles. The van der Waals surface area contributed by atoms with Crippen LogP contribution in [0.3, 0.4) is 0 Å². The first-order valence-corrected chi connectivity index (χ1v) is 7.21. The molecule has 0 saturated carbocycles. The van der Waals surface area contributed by atoms with Crippen LogP contribution in [0.4, 0.5) is 0 Å². The first-order valence-electron chi connectivity index (χ1n) is 5.69. The van der Waals surface area contributed by atoms with Crippen molar-refractivity contribution in [2.45, 2.75) is 19.8 Å². The molecule has 17 heavy (non-hydrogen) atoms. The molecule has 1 aliphatic carbocycles. The molecule has 0 saturated heterocycles. The molecule has 2 nitrogen and oxygen atoms in total. The fourth-order valence-electron chi connectivity index (χ4n) is 2.20. The number of rotatable bonds is 3. The Bertz CT molecular complexity index is 535. The van der Waals surface area contributed by atoms with Crippen molar-refractivity contribution in [2.24, 2.45) is 0 Å². The third-order valence-electron chi connectivity index (χ3n) is 3.02. The molecule has 0 amide bonds. The Kier molecular flexibility index (Phi) is 3.48. The Hall–Kier alpha value is -1.35.